The Morgan fingerprint density at radius 1 is 0.282 bits per heavy atom. The van der Waals surface area contributed by atoms with Gasteiger partial charge in [0.05, 0.1) is 16.7 Å². The van der Waals surface area contributed by atoms with Crippen molar-refractivity contribution in [2.75, 3.05) is 0 Å². The molecule has 0 saturated carbocycles. The van der Waals surface area contributed by atoms with Gasteiger partial charge in [0, 0.05) is 131 Å². The van der Waals surface area contributed by atoms with Crippen LogP contribution in [0.5, 0.6) is 0 Å². The molecule has 12 nitrogen and oxygen atoms in total. The number of halogens is 1. The number of hydrogen-bond donors (Lipinski definition) is 0. The van der Waals surface area contributed by atoms with E-state index in [9.17, 15) is 4.39 Å². The molecule has 131 heavy (non-hydrogen) atoms. The zero-order valence-corrected chi connectivity index (χ0v) is 81.6. The maximum Gasteiger partial charge on any atom is 0.216 e. The first kappa shape index (κ1) is 95.2. The first-order valence-electron chi connectivity index (χ1n) is 43.1. The summed E-state index contributed by atoms with van der Waals surface area (Å²) in [5.74, 6) is 2.06. The van der Waals surface area contributed by atoms with E-state index in [0.29, 0.717) is 46.4 Å². The molecule has 0 aliphatic rings. The van der Waals surface area contributed by atoms with Crippen LogP contribution in [-0.2, 0) is 66.7 Å². The quantitative estimate of drug-likeness (QED) is 0.0951. The number of nitrogens with zero attached hydrogens (tertiary/aromatic N) is 9. The Labute approximate surface area is 805 Å². The normalized spacial score (nSPS) is 10.9. The van der Waals surface area contributed by atoms with E-state index in [0.717, 1.165) is 162 Å². The fraction of sp³-hybridized carbons (Fsp3) is 0.139. The average molecular weight is 2250 g/mol. The predicted octanol–water partition coefficient (Wildman–Crippen LogP) is 29.8. The summed E-state index contributed by atoms with van der Waals surface area (Å²) in [6.45, 7) is 23.5. The molecule has 12 heterocycles. The smallest absolute Gasteiger partial charge is 0.216 e. The monoisotopic (exact) mass is 2250 g/mol. The van der Waals surface area contributed by atoms with Crippen LogP contribution in [0.2, 0.25) is 0 Å². The van der Waals surface area contributed by atoms with Crippen LogP contribution in [0.25, 0.3) is 167 Å². The number of aryl methyl sites for hydroxylation is 3. The Hall–Kier alpha value is -13.4. The van der Waals surface area contributed by atoms with Crippen molar-refractivity contribution < 1.29 is 78.0 Å². The van der Waals surface area contributed by atoms with Crippen LogP contribution in [0.15, 0.2) is 348 Å². The molecule has 0 aliphatic heterocycles. The van der Waals surface area contributed by atoms with Gasteiger partial charge in [0.25, 0.3) is 0 Å². The summed E-state index contributed by atoms with van der Waals surface area (Å²) < 4.78 is 31.5. The number of pyridine rings is 9. The predicted molar refractivity (Wildman–Crippen MR) is 518 cm³/mol. The third-order valence-electron chi connectivity index (χ3n) is 21.9. The van der Waals surface area contributed by atoms with Crippen molar-refractivity contribution >= 4 is 66.2 Å². The molecular weight excluding hydrogens is 2150 g/mol. The third-order valence-corrected chi connectivity index (χ3v) is 21.9. The number of rotatable bonds is 14. The zero-order valence-electron chi connectivity index (χ0n) is 74.4. The van der Waals surface area contributed by atoms with Crippen molar-refractivity contribution in [2.45, 2.75) is 100 Å². The average Bonchev–Trinajstić information content (AvgIpc) is 1.63. The van der Waals surface area contributed by atoms with Crippen molar-refractivity contribution in [2.24, 2.45) is 5.92 Å². The Bertz CT molecular complexity index is 7100. The minimum Gasteiger partial charge on any atom is -0.486 e. The summed E-state index contributed by atoms with van der Waals surface area (Å²) in [4.78, 5) is 40.1. The Morgan fingerprint density at radius 2 is 0.595 bits per heavy atom. The van der Waals surface area contributed by atoms with E-state index in [2.05, 4.69) is 252 Å². The van der Waals surface area contributed by atoms with Crippen LogP contribution in [-0.4, -0.2) is 44.9 Å². The van der Waals surface area contributed by atoms with Crippen LogP contribution in [0.1, 0.15) is 112 Å². The number of aromatic nitrogens is 9. The fourth-order valence-electron chi connectivity index (χ4n) is 15.0. The third kappa shape index (κ3) is 23.4. The van der Waals surface area contributed by atoms with Gasteiger partial charge in [-0.3, -0.25) is 0 Å². The van der Waals surface area contributed by atoms with Gasteiger partial charge in [0.1, 0.15) is 5.82 Å². The number of fused-ring (bicyclic) bond motifs is 9. The molecule has 0 unspecified atom stereocenters. The molecule has 0 saturated heterocycles. The molecule has 0 fully saturated rings. The molecule has 21 rings (SSSR count). The van der Waals surface area contributed by atoms with Gasteiger partial charge < -0.3 is 43.2 Å². The minimum absolute atomic E-state index is 0. The Kier molecular flexibility index (Phi) is 32.5. The molecular formula is C115H94FIr3N9O3-6. The van der Waals surface area contributed by atoms with E-state index in [4.69, 9.17) is 13.3 Å². The molecule has 0 N–H and O–H groups in total. The molecule has 16 heteroatoms. The van der Waals surface area contributed by atoms with Gasteiger partial charge in [-0.2, -0.15) is 0 Å². The van der Waals surface area contributed by atoms with Gasteiger partial charge in [-0.25, -0.2) is 19.3 Å². The van der Waals surface area contributed by atoms with Gasteiger partial charge in [-0.1, -0.05) is 227 Å². The number of hydrogen-bond acceptors (Lipinski definition) is 12. The van der Waals surface area contributed by atoms with Crippen molar-refractivity contribution in [3.05, 3.63) is 416 Å². The fourth-order valence-corrected chi connectivity index (χ4v) is 15.0. The molecule has 21 aromatic rings. The summed E-state index contributed by atoms with van der Waals surface area (Å²) in [5, 5.41) is 6.06. The van der Waals surface area contributed by atoms with Crippen LogP contribution in [0, 0.1) is 68.9 Å². The SMILES string of the molecule is CC(C)c1c[c-]c(-c2ccccn2)cc1.CC(C)c1c[c-]c(-c2ccccn2)cc1.CC(C)c1c[c-]c(-c2ccccn2)cc1.Cc1ccc2c(n1)oc1c(-c3cc(-c4ccc(CC(C)C)cc4)ccn3)[c-]ccc12.Cc1ccc2c(n1)oc1c(-c3cc(-c4ccc(F)cc4)ccn3)[c-]ccc12.Cc1ccc2c(n1)oc1c(-c3cc(-c4ccccc4)ccn3)[c-]ccc12.[Ir].[Ir].[Ir]. The topological polar surface area (TPSA) is 155 Å². The van der Waals surface area contributed by atoms with Gasteiger partial charge in [-0.15, -0.1) is 161 Å². The van der Waals surface area contributed by atoms with E-state index in [1.165, 1.54) is 39.9 Å². The van der Waals surface area contributed by atoms with Gasteiger partial charge >= 0.3 is 0 Å². The second-order valence-corrected chi connectivity index (χ2v) is 32.7. The van der Waals surface area contributed by atoms with E-state index in [1.54, 1.807) is 36.9 Å². The van der Waals surface area contributed by atoms with Crippen LogP contribution in [0.3, 0.4) is 0 Å². The summed E-state index contributed by atoms with van der Waals surface area (Å²) >= 11 is 0. The first-order valence-corrected chi connectivity index (χ1v) is 43.1. The van der Waals surface area contributed by atoms with Crippen LogP contribution < -0.4 is 0 Å². The first-order chi connectivity index (χ1) is 62.4. The summed E-state index contributed by atoms with van der Waals surface area (Å²) in [7, 11) is 0. The van der Waals surface area contributed by atoms with E-state index >= 15 is 0 Å². The van der Waals surface area contributed by atoms with Crippen molar-refractivity contribution in [3.63, 3.8) is 0 Å². The second-order valence-electron chi connectivity index (χ2n) is 32.7. The van der Waals surface area contributed by atoms with Crippen LogP contribution in [0.4, 0.5) is 4.39 Å². The maximum absolute atomic E-state index is 13.2. The Morgan fingerprint density at radius 3 is 0.893 bits per heavy atom. The second kappa shape index (κ2) is 44.8. The van der Waals surface area contributed by atoms with Gasteiger partial charge in [0.15, 0.2) is 0 Å². The summed E-state index contributed by atoms with van der Waals surface area (Å²) in [5.41, 5.74) is 29.8. The van der Waals surface area contributed by atoms with Crippen molar-refractivity contribution in [1.29, 1.82) is 0 Å². The van der Waals surface area contributed by atoms with E-state index in [1.807, 2.05) is 191 Å². The molecule has 0 amide bonds. The number of benzene rings is 9. The molecule has 12 aromatic heterocycles. The van der Waals surface area contributed by atoms with E-state index in [-0.39, 0.29) is 66.1 Å². The Balaban J connectivity index is 0.000000136. The van der Waals surface area contributed by atoms with Crippen molar-refractivity contribution in [1.82, 2.24) is 44.9 Å². The standard InChI is InChI=1S/C27H23N2O.C23H14FN2O.C23H15N2O.3C14H14N.3Ir/c1-17(2)15-19-8-10-20(11-9-19)21-13-14-28-25(16-21)24-6-4-5-22-23-12-7-18(3)29-27(23)30-26(22)24;1-14-5-10-19-18-3-2-4-20(22(18)27-23(19)26-14)21-13-16(11-12-25-21)15-6-8-17(24)9-7-15;1-15-10-11-19-18-8-5-9-20(22(18)26-23(19)25-15)21-14-17(12-13-24-21)16-6-3-2-4-7-16;3*1-11(2)12-6-8-13(9-7-12)14-5-3-4-10-15-14;;;/h4-5,7-14,16-17H,15H2,1-3H3;2-3,5-13H,1H3;2-8,10-14H,1H3;3*3-8,10-11H,1-2H3;;;/q6*-1;;;. The van der Waals surface area contributed by atoms with Gasteiger partial charge in [-0.05, 0) is 191 Å². The molecule has 0 bridgehead atoms. The van der Waals surface area contributed by atoms with Gasteiger partial charge in [0.2, 0.25) is 17.1 Å². The molecule has 0 atom stereocenters. The molecule has 9 aromatic carbocycles. The maximum atomic E-state index is 13.2. The molecule has 0 spiro atoms. The number of furan rings is 3. The summed E-state index contributed by atoms with van der Waals surface area (Å²) in [6.07, 6.45) is 11.9. The zero-order chi connectivity index (χ0) is 88.6. The van der Waals surface area contributed by atoms with E-state index < -0.39 is 0 Å². The molecule has 3 radical (unpaired) electrons. The van der Waals surface area contributed by atoms with Crippen molar-refractivity contribution in [3.8, 4) is 101 Å². The molecule has 657 valence electrons. The molecule has 0 aliphatic carbocycles. The minimum atomic E-state index is -0.254. The largest absolute Gasteiger partial charge is 0.486 e. The summed E-state index contributed by atoms with van der Waals surface area (Å²) in [6, 6.07) is 118. The van der Waals surface area contributed by atoms with Crippen LogP contribution >= 0.6 is 0 Å².